The van der Waals surface area contributed by atoms with Crippen LogP contribution < -0.4 is 0 Å². The molecule has 1 aliphatic rings. The fourth-order valence-electron chi connectivity index (χ4n) is 7.07. The van der Waals surface area contributed by atoms with Crippen LogP contribution >= 0.6 is 11.3 Å². The van der Waals surface area contributed by atoms with E-state index in [0.717, 1.165) is 28.0 Å². The smallest absolute Gasteiger partial charge is 0.235 e. The highest BCUT2D eigenvalue weighted by Crippen LogP contribution is 2.57. The minimum Gasteiger partial charge on any atom is -0.277 e. The molecule has 0 atom stereocenters. The molecular weight excluding hydrogens is 567 g/mol. The lowest BCUT2D eigenvalue weighted by Gasteiger charge is -2.22. The van der Waals surface area contributed by atoms with Gasteiger partial charge in [-0.3, -0.25) is 4.57 Å². The number of fused-ring (bicyclic) bond motifs is 7. The quantitative estimate of drug-likeness (QED) is 0.203. The summed E-state index contributed by atoms with van der Waals surface area (Å²) in [6, 6.07) is 49.3. The third-order valence-electron chi connectivity index (χ3n) is 9.22. The molecule has 214 valence electrons. The Kier molecular flexibility index (Phi) is 5.71. The Morgan fingerprint density at radius 3 is 2.00 bits per heavy atom. The van der Waals surface area contributed by atoms with Gasteiger partial charge >= 0.3 is 0 Å². The van der Waals surface area contributed by atoms with Crippen LogP contribution in [-0.4, -0.2) is 14.5 Å². The van der Waals surface area contributed by atoms with E-state index in [0.29, 0.717) is 5.95 Å². The first-order chi connectivity index (χ1) is 22.1. The van der Waals surface area contributed by atoms with Crippen LogP contribution in [0.3, 0.4) is 0 Å². The highest BCUT2D eigenvalue weighted by molar-refractivity contribution is 7.23. The normalized spacial score (nSPS) is 13.3. The Hall–Kier alpha value is -5.32. The first-order valence-corrected chi connectivity index (χ1v) is 16.2. The van der Waals surface area contributed by atoms with Crippen LogP contribution in [0.25, 0.3) is 71.2 Å². The third kappa shape index (κ3) is 3.96. The van der Waals surface area contributed by atoms with E-state index in [1.165, 1.54) is 48.3 Å². The average molecular weight is 596 g/mol. The molecule has 1 aliphatic carbocycles. The molecule has 0 radical (unpaired) electrons. The van der Waals surface area contributed by atoms with Crippen LogP contribution in [0.15, 0.2) is 140 Å². The van der Waals surface area contributed by atoms with Gasteiger partial charge in [-0.2, -0.15) is 0 Å². The van der Waals surface area contributed by atoms with Crippen molar-refractivity contribution in [2.75, 3.05) is 0 Å². The van der Waals surface area contributed by atoms with Crippen molar-refractivity contribution in [3.8, 4) is 50.0 Å². The zero-order valence-corrected chi connectivity index (χ0v) is 25.8. The molecule has 8 aromatic rings. The summed E-state index contributed by atoms with van der Waals surface area (Å²) in [5.74, 6) is 0.690. The summed E-state index contributed by atoms with van der Waals surface area (Å²) in [7, 11) is 0. The zero-order chi connectivity index (χ0) is 30.1. The molecule has 0 aliphatic heterocycles. The lowest BCUT2D eigenvalue weighted by Crippen LogP contribution is -2.16. The number of rotatable bonds is 4. The van der Waals surface area contributed by atoms with Gasteiger partial charge in [-0.15, -0.1) is 11.3 Å². The van der Waals surface area contributed by atoms with Gasteiger partial charge in [0.05, 0.1) is 27.1 Å². The lowest BCUT2D eigenvalue weighted by molar-refractivity contribution is 0.664. The maximum absolute atomic E-state index is 5.37. The monoisotopic (exact) mass is 595 g/mol. The zero-order valence-electron chi connectivity index (χ0n) is 25.0. The second kappa shape index (κ2) is 9.85. The summed E-state index contributed by atoms with van der Waals surface area (Å²) in [6.45, 7) is 4.71. The largest absolute Gasteiger partial charge is 0.277 e. The van der Waals surface area contributed by atoms with Crippen molar-refractivity contribution in [3.63, 3.8) is 0 Å². The standard InChI is InChI=1S/C41H29N3S/c1-41(2)32-22-11-9-20-30(32)38-36(41)37-39(45-38)31-21-10-12-23-35(31)44(37)40-42-33(27-16-7-4-8-17-27)25-34(43-40)29-19-13-18-28(24-29)26-14-5-3-6-15-26/h3-25H,1-2H3. The summed E-state index contributed by atoms with van der Waals surface area (Å²) >= 11 is 1.90. The molecule has 0 unspecified atom stereocenters. The number of benzene rings is 5. The molecule has 0 spiro atoms. The fourth-order valence-corrected chi connectivity index (χ4v) is 8.58. The van der Waals surface area contributed by atoms with E-state index in [1.54, 1.807) is 0 Å². The molecule has 45 heavy (non-hydrogen) atoms. The maximum atomic E-state index is 5.37. The summed E-state index contributed by atoms with van der Waals surface area (Å²) in [5.41, 5.74) is 12.6. The van der Waals surface area contributed by atoms with E-state index in [9.17, 15) is 0 Å². The van der Waals surface area contributed by atoms with Crippen molar-refractivity contribution in [3.05, 3.63) is 151 Å². The number of nitrogens with zero attached hydrogens (tertiary/aromatic N) is 3. The molecule has 0 N–H and O–H groups in total. The van der Waals surface area contributed by atoms with Crippen LogP contribution in [0.1, 0.15) is 25.0 Å². The van der Waals surface area contributed by atoms with E-state index in [4.69, 9.17) is 9.97 Å². The number of hydrogen-bond donors (Lipinski definition) is 0. The van der Waals surface area contributed by atoms with Gasteiger partial charge < -0.3 is 0 Å². The van der Waals surface area contributed by atoms with Gasteiger partial charge in [-0.1, -0.05) is 135 Å². The lowest BCUT2D eigenvalue weighted by atomic mass is 9.82. The van der Waals surface area contributed by atoms with E-state index < -0.39 is 0 Å². The van der Waals surface area contributed by atoms with E-state index in [1.807, 2.05) is 17.4 Å². The predicted molar refractivity (Wildman–Crippen MR) is 188 cm³/mol. The first kappa shape index (κ1) is 26.1. The summed E-state index contributed by atoms with van der Waals surface area (Å²) < 4.78 is 3.62. The Balaban J connectivity index is 1.35. The van der Waals surface area contributed by atoms with Crippen LogP contribution in [-0.2, 0) is 5.41 Å². The molecule has 5 aromatic carbocycles. The molecule has 3 aromatic heterocycles. The Morgan fingerprint density at radius 1 is 0.578 bits per heavy atom. The van der Waals surface area contributed by atoms with Gasteiger partial charge in [-0.05, 0) is 40.5 Å². The van der Waals surface area contributed by atoms with Crippen molar-refractivity contribution < 1.29 is 0 Å². The van der Waals surface area contributed by atoms with Gasteiger partial charge in [0.25, 0.3) is 0 Å². The Morgan fingerprint density at radius 2 is 1.20 bits per heavy atom. The van der Waals surface area contributed by atoms with Gasteiger partial charge in [0.15, 0.2) is 0 Å². The summed E-state index contributed by atoms with van der Waals surface area (Å²) in [6.07, 6.45) is 0. The number of para-hydroxylation sites is 1. The molecule has 0 saturated heterocycles. The molecule has 9 rings (SSSR count). The highest BCUT2D eigenvalue weighted by atomic mass is 32.1. The van der Waals surface area contributed by atoms with E-state index in [-0.39, 0.29) is 5.41 Å². The average Bonchev–Trinajstić information content (AvgIpc) is 3.71. The molecule has 0 saturated carbocycles. The minimum atomic E-state index is -0.153. The van der Waals surface area contributed by atoms with E-state index in [2.05, 4.69) is 152 Å². The SMILES string of the molecule is CC1(C)c2ccccc2-c2sc3c4ccccc4n(-c4nc(-c5ccccc5)cc(-c5cccc(-c6ccccc6)c5)n4)c3c21. The van der Waals surface area contributed by atoms with Crippen molar-refractivity contribution in [2.24, 2.45) is 0 Å². The maximum Gasteiger partial charge on any atom is 0.235 e. The molecule has 0 fully saturated rings. The summed E-state index contributed by atoms with van der Waals surface area (Å²) in [5, 5.41) is 1.24. The molecule has 3 nitrogen and oxygen atoms in total. The van der Waals surface area contributed by atoms with E-state index >= 15 is 0 Å². The van der Waals surface area contributed by atoms with Crippen LogP contribution in [0, 0.1) is 0 Å². The predicted octanol–water partition coefficient (Wildman–Crippen LogP) is 10.9. The fraction of sp³-hybridized carbons (Fsp3) is 0.0732. The second-order valence-corrected chi connectivity index (χ2v) is 13.3. The van der Waals surface area contributed by atoms with Crippen LogP contribution in [0.4, 0.5) is 0 Å². The van der Waals surface area contributed by atoms with Crippen molar-refractivity contribution in [2.45, 2.75) is 19.3 Å². The van der Waals surface area contributed by atoms with Crippen molar-refractivity contribution in [1.82, 2.24) is 14.5 Å². The molecule has 0 amide bonds. The second-order valence-electron chi connectivity index (χ2n) is 12.3. The topological polar surface area (TPSA) is 30.7 Å². The Bertz CT molecular complexity index is 2400. The number of thiophene rings is 1. The molecule has 3 heterocycles. The van der Waals surface area contributed by atoms with Gasteiger partial charge in [0.2, 0.25) is 5.95 Å². The van der Waals surface area contributed by atoms with Gasteiger partial charge in [0.1, 0.15) is 0 Å². The van der Waals surface area contributed by atoms with Gasteiger partial charge in [0, 0.05) is 32.4 Å². The first-order valence-electron chi connectivity index (χ1n) is 15.3. The number of hydrogen-bond acceptors (Lipinski definition) is 3. The van der Waals surface area contributed by atoms with Crippen molar-refractivity contribution >= 4 is 32.5 Å². The highest BCUT2D eigenvalue weighted by Gasteiger charge is 2.40. The van der Waals surface area contributed by atoms with Crippen molar-refractivity contribution in [1.29, 1.82) is 0 Å². The Labute approximate surface area is 266 Å². The van der Waals surface area contributed by atoms with Crippen LogP contribution in [0.5, 0.6) is 0 Å². The minimum absolute atomic E-state index is 0.153. The van der Waals surface area contributed by atoms with Gasteiger partial charge in [-0.25, -0.2) is 9.97 Å². The number of aromatic nitrogens is 3. The summed E-state index contributed by atoms with van der Waals surface area (Å²) in [4.78, 5) is 12.0. The molecular formula is C41H29N3S. The third-order valence-corrected chi connectivity index (χ3v) is 10.5. The molecule has 0 bridgehead atoms. The molecule has 4 heteroatoms. The van der Waals surface area contributed by atoms with Crippen LogP contribution in [0.2, 0.25) is 0 Å².